The molecular weight excluding hydrogens is 162 g/mol. The molecule has 0 aromatic heterocycles. The minimum atomic E-state index is 0.501. The maximum Gasteiger partial charge on any atom is 0.104 e. The molecule has 72 valence electrons. The van der Waals surface area contributed by atoms with Crippen LogP contribution >= 0.6 is 0 Å². The Morgan fingerprint density at radius 3 is 2.46 bits per heavy atom. The van der Waals surface area contributed by atoms with Gasteiger partial charge in [0.2, 0.25) is 0 Å². The Kier molecular flexibility index (Phi) is 6.79. The Hall–Kier alpha value is -1.18. The molecule has 0 fully saturated rings. The smallest absolute Gasteiger partial charge is 0.104 e. The van der Waals surface area contributed by atoms with Crippen LogP contribution < -0.4 is 0 Å². The molecule has 0 aromatic rings. The molecule has 13 heavy (non-hydrogen) atoms. The van der Waals surface area contributed by atoms with Gasteiger partial charge in [-0.1, -0.05) is 31.6 Å². The first-order valence-electron chi connectivity index (χ1n) is 4.61. The molecule has 0 radical (unpaired) electrons. The highest BCUT2D eigenvalue weighted by Gasteiger charge is 1.93. The van der Waals surface area contributed by atoms with E-state index in [4.69, 9.17) is 0 Å². The van der Waals surface area contributed by atoms with Gasteiger partial charge in [-0.3, -0.25) is 0 Å². The van der Waals surface area contributed by atoms with Gasteiger partial charge in [0.05, 0.1) is 0 Å². The van der Waals surface area contributed by atoms with Gasteiger partial charge in [0.1, 0.15) is 5.70 Å². The summed E-state index contributed by atoms with van der Waals surface area (Å²) in [6, 6.07) is 0. The largest absolute Gasteiger partial charge is 0.145 e. The van der Waals surface area contributed by atoms with Crippen molar-refractivity contribution < 1.29 is 0 Å². The maximum absolute atomic E-state index is 10.3. The van der Waals surface area contributed by atoms with Crippen LogP contribution in [-0.2, 0) is 0 Å². The zero-order valence-corrected chi connectivity index (χ0v) is 8.58. The van der Waals surface area contributed by atoms with E-state index in [9.17, 15) is 4.91 Å². The fourth-order valence-corrected chi connectivity index (χ4v) is 1.06. The average Bonchev–Trinajstić information content (AvgIpc) is 2.14. The van der Waals surface area contributed by atoms with Crippen LogP contribution in [0.5, 0.6) is 0 Å². The second-order valence-corrected chi connectivity index (χ2v) is 2.77. The van der Waals surface area contributed by atoms with Gasteiger partial charge in [-0.15, -0.1) is 4.91 Å². The number of nitroso groups, excluding NO2 is 1. The van der Waals surface area contributed by atoms with E-state index in [-0.39, 0.29) is 0 Å². The number of allylic oxidation sites excluding steroid dienone is 5. The Morgan fingerprint density at radius 2 is 2.08 bits per heavy atom. The van der Waals surface area contributed by atoms with Crippen LogP contribution in [0.15, 0.2) is 40.8 Å². The van der Waals surface area contributed by atoms with E-state index < -0.39 is 0 Å². The van der Waals surface area contributed by atoms with Crippen molar-refractivity contribution in [3.63, 3.8) is 0 Å². The monoisotopic (exact) mass is 179 g/mol. The molecule has 0 bridgehead atoms. The Balaban J connectivity index is 4.59. The molecule has 0 N–H and O–H groups in total. The first kappa shape index (κ1) is 11.8. The molecule has 0 aromatic carbocycles. The first-order valence-corrected chi connectivity index (χ1v) is 4.61. The lowest BCUT2D eigenvalue weighted by molar-refractivity contribution is 0.924. The van der Waals surface area contributed by atoms with Crippen LogP contribution in [0.2, 0.25) is 0 Å². The Labute approximate surface area is 80.0 Å². The van der Waals surface area contributed by atoms with E-state index in [1.54, 1.807) is 6.08 Å². The van der Waals surface area contributed by atoms with E-state index in [1.807, 2.05) is 32.1 Å². The molecule has 2 heteroatoms. The minimum Gasteiger partial charge on any atom is -0.145 e. The molecule has 0 rings (SSSR count). The normalized spacial score (nSPS) is 13.8. The van der Waals surface area contributed by atoms with Gasteiger partial charge in [0, 0.05) is 0 Å². The van der Waals surface area contributed by atoms with E-state index in [0.29, 0.717) is 5.70 Å². The first-order chi connectivity index (χ1) is 6.28. The number of hydrogen-bond acceptors (Lipinski definition) is 2. The lowest BCUT2D eigenvalue weighted by atomic mass is 10.1. The van der Waals surface area contributed by atoms with Gasteiger partial charge >= 0.3 is 0 Å². The predicted octanol–water partition coefficient (Wildman–Crippen LogP) is 3.96. The summed E-state index contributed by atoms with van der Waals surface area (Å²) in [5.41, 5.74) is 1.65. The van der Waals surface area contributed by atoms with Gasteiger partial charge in [-0.2, -0.15) is 0 Å². The van der Waals surface area contributed by atoms with Crippen molar-refractivity contribution in [3.8, 4) is 0 Å². The van der Waals surface area contributed by atoms with Crippen molar-refractivity contribution in [2.75, 3.05) is 0 Å². The second-order valence-electron chi connectivity index (χ2n) is 2.77. The van der Waals surface area contributed by atoms with Crippen molar-refractivity contribution in [1.29, 1.82) is 0 Å². The predicted molar refractivity (Wildman–Crippen MR) is 57.4 cm³/mol. The molecular formula is C11H17NO. The van der Waals surface area contributed by atoms with Gasteiger partial charge in [-0.25, -0.2) is 0 Å². The van der Waals surface area contributed by atoms with E-state index in [1.165, 1.54) is 0 Å². The van der Waals surface area contributed by atoms with Gasteiger partial charge in [0.25, 0.3) is 0 Å². The summed E-state index contributed by atoms with van der Waals surface area (Å²) in [5, 5.41) is 2.91. The highest BCUT2D eigenvalue weighted by molar-refractivity contribution is 5.28. The molecule has 2 nitrogen and oxygen atoms in total. The quantitative estimate of drug-likeness (QED) is 0.464. The third-order valence-electron chi connectivity index (χ3n) is 1.65. The zero-order chi connectivity index (χ0) is 10.1. The Bertz CT molecular complexity index is 236. The molecule has 0 saturated heterocycles. The second kappa shape index (κ2) is 7.47. The maximum atomic E-state index is 10.3. The molecule has 0 spiro atoms. The van der Waals surface area contributed by atoms with Crippen molar-refractivity contribution in [2.45, 2.75) is 33.6 Å². The summed E-state index contributed by atoms with van der Waals surface area (Å²) in [7, 11) is 0. The summed E-state index contributed by atoms with van der Waals surface area (Å²) in [6.07, 6.45) is 9.59. The number of rotatable bonds is 5. The zero-order valence-electron chi connectivity index (χ0n) is 8.58. The van der Waals surface area contributed by atoms with Crippen molar-refractivity contribution >= 4 is 0 Å². The van der Waals surface area contributed by atoms with E-state index in [0.717, 1.165) is 18.4 Å². The molecule has 0 aliphatic heterocycles. The van der Waals surface area contributed by atoms with Crippen LogP contribution in [0.1, 0.15) is 33.6 Å². The fourth-order valence-electron chi connectivity index (χ4n) is 1.06. The van der Waals surface area contributed by atoms with E-state index >= 15 is 0 Å². The van der Waals surface area contributed by atoms with E-state index in [2.05, 4.69) is 12.1 Å². The molecule has 0 aliphatic carbocycles. The Morgan fingerprint density at radius 1 is 1.38 bits per heavy atom. The highest BCUT2D eigenvalue weighted by atomic mass is 16.3. The van der Waals surface area contributed by atoms with Crippen molar-refractivity contribution in [1.82, 2.24) is 0 Å². The minimum absolute atomic E-state index is 0.501. The van der Waals surface area contributed by atoms with Gasteiger partial charge in [-0.05, 0) is 37.1 Å². The van der Waals surface area contributed by atoms with Crippen LogP contribution in [0.4, 0.5) is 0 Å². The molecule has 0 aliphatic rings. The number of nitrogens with zero attached hydrogens (tertiary/aromatic N) is 1. The average molecular weight is 179 g/mol. The summed E-state index contributed by atoms with van der Waals surface area (Å²) in [6.45, 7) is 5.89. The lowest BCUT2D eigenvalue weighted by Gasteiger charge is -1.97. The van der Waals surface area contributed by atoms with Crippen molar-refractivity contribution in [3.05, 3.63) is 40.5 Å². The molecule has 0 unspecified atom stereocenters. The summed E-state index contributed by atoms with van der Waals surface area (Å²) in [5.74, 6) is 0. The molecule has 0 heterocycles. The topological polar surface area (TPSA) is 29.4 Å². The summed E-state index contributed by atoms with van der Waals surface area (Å²) in [4.78, 5) is 10.3. The van der Waals surface area contributed by atoms with Crippen LogP contribution in [0, 0.1) is 4.91 Å². The standard InChI is InChI=1S/C11H17NO/c1-4-7-10(8-5-2)9-11(6-3)12-13/h4,6-7,9H,5,8H2,1-3H3/b7-4-,10-9+,11-6+. The third-order valence-corrected chi connectivity index (χ3v) is 1.65. The van der Waals surface area contributed by atoms with Crippen LogP contribution in [0.3, 0.4) is 0 Å². The summed E-state index contributed by atoms with van der Waals surface area (Å²) < 4.78 is 0. The van der Waals surface area contributed by atoms with Crippen LogP contribution in [0.25, 0.3) is 0 Å². The number of hydrogen-bond donors (Lipinski definition) is 0. The highest BCUT2D eigenvalue weighted by Crippen LogP contribution is 2.11. The third kappa shape index (κ3) is 5.12. The molecule has 0 saturated carbocycles. The van der Waals surface area contributed by atoms with Gasteiger partial charge in [0.15, 0.2) is 0 Å². The van der Waals surface area contributed by atoms with Gasteiger partial charge < -0.3 is 0 Å². The van der Waals surface area contributed by atoms with Crippen LogP contribution in [-0.4, -0.2) is 0 Å². The lowest BCUT2D eigenvalue weighted by Crippen LogP contribution is -1.79. The summed E-state index contributed by atoms with van der Waals surface area (Å²) >= 11 is 0. The molecule has 0 amide bonds. The SMILES string of the molecule is C\C=C/C(=C\C(=C/C)N=O)CCC. The van der Waals surface area contributed by atoms with Crippen molar-refractivity contribution in [2.24, 2.45) is 5.18 Å². The fraction of sp³-hybridized carbons (Fsp3) is 0.455. The molecule has 0 atom stereocenters.